The number of nitrogens with one attached hydrogen (secondary N) is 1. The fourth-order valence-electron chi connectivity index (χ4n) is 2.63. The van der Waals surface area contributed by atoms with E-state index >= 15 is 0 Å². The molecule has 0 amide bonds. The van der Waals surface area contributed by atoms with Crippen LogP contribution in [0.5, 0.6) is 5.75 Å². The topological polar surface area (TPSA) is 30.5 Å². The maximum atomic E-state index is 6.05. The van der Waals surface area contributed by atoms with Gasteiger partial charge in [-0.1, -0.05) is 26.0 Å². The SMILES string of the molecule is Cc1ccc(C)c(OCC2CCC(CNCC(C)C)O2)c1. The molecule has 118 valence electrons. The van der Waals surface area contributed by atoms with Crippen LogP contribution in [0.3, 0.4) is 0 Å². The van der Waals surface area contributed by atoms with Crippen molar-refractivity contribution in [2.24, 2.45) is 5.92 Å². The van der Waals surface area contributed by atoms with E-state index < -0.39 is 0 Å². The van der Waals surface area contributed by atoms with Gasteiger partial charge in [0, 0.05) is 6.54 Å². The van der Waals surface area contributed by atoms with E-state index in [0.717, 1.165) is 31.7 Å². The van der Waals surface area contributed by atoms with Crippen molar-refractivity contribution >= 4 is 0 Å². The van der Waals surface area contributed by atoms with Gasteiger partial charge in [0.25, 0.3) is 0 Å². The van der Waals surface area contributed by atoms with Gasteiger partial charge in [0.05, 0.1) is 12.2 Å². The largest absolute Gasteiger partial charge is 0.491 e. The fraction of sp³-hybridized carbons (Fsp3) is 0.667. The van der Waals surface area contributed by atoms with Crippen molar-refractivity contribution < 1.29 is 9.47 Å². The number of hydrogen-bond donors (Lipinski definition) is 1. The number of benzene rings is 1. The van der Waals surface area contributed by atoms with Crippen LogP contribution in [0.15, 0.2) is 18.2 Å². The molecule has 1 fully saturated rings. The molecule has 2 atom stereocenters. The highest BCUT2D eigenvalue weighted by Gasteiger charge is 2.25. The molecule has 0 aromatic heterocycles. The molecule has 0 aliphatic carbocycles. The standard InChI is InChI=1S/C18H29NO2/c1-13(2)10-19-11-16-7-8-17(21-16)12-20-18-9-14(3)5-6-15(18)4/h5-6,9,13,16-17,19H,7-8,10-12H2,1-4H3. The summed E-state index contributed by atoms with van der Waals surface area (Å²) in [6, 6.07) is 6.33. The minimum absolute atomic E-state index is 0.232. The van der Waals surface area contributed by atoms with Crippen LogP contribution in [0.2, 0.25) is 0 Å². The van der Waals surface area contributed by atoms with Gasteiger partial charge < -0.3 is 14.8 Å². The van der Waals surface area contributed by atoms with Crippen LogP contribution in [-0.4, -0.2) is 31.9 Å². The fourth-order valence-corrected chi connectivity index (χ4v) is 2.63. The lowest BCUT2D eigenvalue weighted by atomic mass is 10.1. The normalized spacial score (nSPS) is 22.0. The zero-order valence-electron chi connectivity index (χ0n) is 13.8. The van der Waals surface area contributed by atoms with Gasteiger partial charge in [0.2, 0.25) is 0 Å². The van der Waals surface area contributed by atoms with Crippen molar-refractivity contribution in [3.8, 4) is 5.75 Å². The summed E-state index contributed by atoms with van der Waals surface area (Å²) in [5.74, 6) is 1.68. The second kappa shape index (κ2) is 7.81. The predicted octanol–water partition coefficient (Wildman–Crippen LogP) is 3.48. The summed E-state index contributed by atoms with van der Waals surface area (Å²) in [7, 11) is 0. The summed E-state index contributed by atoms with van der Waals surface area (Å²) in [5.41, 5.74) is 2.42. The molecule has 1 heterocycles. The molecule has 2 unspecified atom stereocenters. The lowest BCUT2D eigenvalue weighted by Gasteiger charge is -2.17. The molecule has 1 aliphatic heterocycles. The molecular formula is C18H29NO2. The molecule has 0 bridgehead atoms. The molecule has 0 radical (unpaired) electrons. The molecule has 1 aliphatic rings. The van der Waals surface area contributed by atoms with E-state index in [9.17, 15) is 0 Å². The first-order chi connectivity index (χ1) is 10.0. The summed E-state index contributed by atoms with van der Waals surface area (Å²) < 4.78 is 12.0. The molecule has 1 aromatic rings. The van der Waals surface area contributed by atoms with E-state index in [2.05, 4.69) is 51.2 Å². The minimum Gasteiger partial charge on any atom is -0.491 e. The first-order valence-corrected chi connectivity index (χ1v) is 8.11. The van der Waals surface area contributed by atoms with Crippen LogP contribution in [0, 0.1) is 19.8 Å². The van der Waals surface area contributed by atoms with Gasteiger partial charge in [-0.2, -0.15) is 0 Å². The van der Waals surface area contributed by atoms with Crippen molar-refractivity contribution in [3.63, 3.8) is 0 Å². The van der Waals surface area contributed by atoms with Gasteiger partial charge in [-0.15, -0.1) is 0 Å². The van der Waals surface area contributed by atoms with Crippen LogP contribution >= 0.6 is 0 Å². The molecule has 1 aromatic carbocycles. The van der Waals surface area contributed by atoms with Gasteiger partial charge in [0.1, 0.15) is 12.4 Å². The van der Waals surface area contributed by atoms with Crippen LogP contribution in [0.1, 0.15) is 37.8 Å². The number of rotatable bonds is 7. The number of ether oxygens (including phenoxy) is 2. The van der Waals surface area contributed by atoms with Gasteiger partial charge in [-0.3, -0.25) is 0 Å². The van der Waals surface area contributed by atoms with E-state index in [-0.39, 0.29) is 6.10 Å². The Kier molecular flexibility index (Phi) is 6.07. The predicted molar refractivity (Wildman–Crippen MR) is 87.0 cm³/mol. The van der Waals surface area contributed by atoms with Crippen molar-refractivity contribution in [3.05, 3.63) is 29.3 Å². The molecule has 1 saturated heterocycles. The van der Waals surface area contributed by atoms with Gasteiger partial charge >= 0.3 is 0 Å². The zero-order chi connectivity index (χ0) is 15.2. The van der Waals surface area contributed by atoms with Crippen molar-refractivity contribution in [2.75, 3.05) is 19.7 Å². The Hall–Kier alpha value is -1.06. The average Bonchev–Trinajstić information content (AvgIpc) is 2.87. The smallest absolute Gasteiger partial charge is 0.122 e. The maximum absolute atomic E-state index is 6.05. The summed E-state index contributed by atoms with van der Waals surface area (Å²) in [6.07, 6.45) is 2.80. The Morgan fingerprint density at radius 2 is 2.00 bits per heavy atom. The number of aryl methyl sites for hydroxylation is 2. The molecule has 1 N–H and O–H groups in total. The summed E-state index contributed by atoms with van der Waals surface area (Å²) in [5, 5.41) is 3.47. The third kappa shape index (κ3) is 5.33. The van der Waals surface area contributed by atoms with Crippen molar-refractivity contribution in [2.45, 2.75) is 52.7 Å². The first kappa shape index (κ1) is 16.3. The molecule has 21 heavy (non-hydrogen) atoms. The monoisotopic (exact) mass is 291 g/mol. The molecule has 3 heteroatoms. The van der Waals surface area contributed by atoms with Crippen molar-refractivity contribution in [1.82, 2.24) is 5.32 Å². The van der Waals surface area contributed by atoms with E-state index in [1.165, 1.54) is 11.1 Å². The Morgan fingerprint density at radius 1 is 1.24 bits per heavy atom. The van der Waals surface area contributed by atoms with E-state index in [4.69, 9.17) is 9.47 Å². The average molecular weight is 291 g/mol. The Bertz CT molecular complexity index is 445. The van der Waals surface area contributed by atoms with Gasteiger partial charge in [-0.25, -0.2) is 0 Å². The van der Waals surface area contributed by atoms with Crippen LogP contribution in [0.4, 0.5) is 0 Å². The molecule has 2 rings (SSSR count). The molecule has 0 spiro atoms. The Labute approximate surface area is 129 Å². The summed E-state index contributed by atoms with van der Waals surface area (Å²) >= 11 is 0. The highest BCUT2D eigenvalue weighted by molar-refractivity contribution is 5.35. The molecule has 3 nitrogen and oxygen atoms in total. The van der Waals surface area contributed by atoms with Gasteiger partial charge in [0.15, 0.2) is 0 Å². The van der Waals surface area contributed by atoms with Gasteiger partial charge in [-0.05, 0) is 56.3 Å². The Morgan fingerprint density at radius 3 is 2.76 bits per heavy atom. The second-order valence-electron chi connectivity index (χ2n) is 6.59. The summed E-state index contributed by atoms with van der Waals surface area (Å²) in [4.78, 5) is 0. The van der Waals surface area contributed by atoms with Crippen LogP contribution < -0.4 is 10.1 Å². The van der Waals surface area contributed by atoms with E-state index in [1.807, 2.05) is 0 Å². The highest BCUT2D eigenvalue weighted by atomic mass is 16.5. The quantitative estimate of drug-likeness (QED) is 0.834. The van der Waals surface area contributed by atoms with Crippen molar-refractivity contribution in [1.29, 1.82) is 0 Å². The molecular weight excluding hydrogens is 262 g/mol. The third-order valence-corrected chi connectivity index (χ3v) is 3.89. The lowest BCUT2D eigenvalue weighted by molar-refractivity contribution is 0.0182. The molecule has 0 saturated carbocycles. The Balaban J connectivity index is 1.71. The third-order valence-electron chi connectivity index (χ3n) is 3.89. The van der Waals surface area contributed by atoms with Crippen LogP contribution in [0.25, 0.3) is 0 Å². The van der Waals surface area contributed by atoms with E-state index in [0.29, 0.717) is 18.6 Å². The lowest BCUT2D eigenvalue weighted by Crippen LogP contribution is -2.30. The maximum Gasteiger partial charge on any atom is 0.122 e. The summed E-state index contributed by atoms with van der Waals surface area (Å²) in [6.45, 7) is 11.3. The van der Waals surface area contributed by atoms with Crippen LogP contribution in [-0.2, 0) is 4.74 Å². The zero-order valence-corrected chi connectivity index (χ0v) is 13.8. The van der Waals surface area contributed by atoms with E-state index in [1.54, 1.807) is 0 Å². The first-order valence-electron chi connectivity index (χ1n) is 8.11. The minimum atomic E-state index is 0.232. The second-order valence-corrected chi connectivity index (χ2v) is 6.59. The number of hydrogen-bond acceptors (Lipinski definition) is 3. The highest BCUT2D eigenvalue weighted by Crippen LogP contribution is 2.23.